The van der Waals surface area contributed by atoms with Crippen LogP contribution in [0.15, 0.2) is 67.3 Å². The van der Waals surface area contributed by atoms with Gasteiger partial charge in [-0.3, -0.25) is 29.0 Å². The van der Waals surface area contributed by atoms with Crippen molar-refractivity contribution >= 4 is 41.3 Å². The molecule has 2 N–H and O–H groups in total. The number of carbonyl (C=O) groups excluding carboxylic acids is 5. The van der Waals surface area contributed by atoms with Crippen LogP contribution < -0.4 is 15.4 Å². The van der Waals surface area contributed by atoms with Crippen molar-refractivity contribution in [1.82, 2.24) is 20.4 Å². The van der Waals surface area contributed by atoms with Crippen LogP contribution in [0.2, 0.25) is 5.02 Å². The first-order valence-electron chi connectivity index (χ1n) is 21.0. The van der Waals surface area contributed by atoms with Crippen molar-refractivity contribution in [3.05, 3.63) is 89.0 Å². The zero-order valence-corrected chi connectivity index (χ0v) is 36.9. The molecule has 2 saturated heterocycles. The Morgan fingerprint density at radius 3 is 2.34 bits per heavy atom. The molecule has 0 radical (unpaired) electrons. The zero-order valence-electron chi connectivity index (χ0n) is 36.2. The fourth-order valence-electron chi connectivity index (χ4n) is 7.38. The number of cyclic esters (lactones) is 2. The largest absolute Gasteiger partial charge is 0.495 e. The highest BCUT2D eigenvalue weighted by molar-refractivity contribution is 6.32. The Bertz CT molecular complexity index is 1890. The van der Waals surface area contributed by atoms with Crippen LogP contribution in [0.4, 0.5) is 0 Å². The van der Waals surface area contributed by atoms with Crippen molar-refractivity contribution in [3.63, 3.8) is 0 Å². The number of nitrogens with one attached hydrogen (secondary N) is 2. The summed E-state index contributed by atoms with van der Waals surface area (Å²) in [5.41, 5.74) is 1.61. The van der Waals surface area contributed by atoms with E-state index in [1.54, 1.807) is 44.2 Å². The Morgan fingerprint density at radius 2 is 1.69 bits per heavy atom. The smallest absolute Gasteiger partial charge is 0.347 e. The fourth-order valence-corrected chi connectivity index (χ4v) is 7.66. The van der Waals surface area contributed by atoms with E-state index in [0.717, 1.165) is 43.9 Å². The second-order valence-electron chi connectivity index (χ2n) is 17.1. The first-order chi connectivity index (χ1) is 29.1. The third-order valence-electron chi connectivity index (χ3n) is 11.2. The number of methoxy groups -OCH3 is 1. The number of benzene rings is 2. The van der Waals surface area contributed by atoms with Crippen LogP contribution in [0.3, 0.4) is 0 Å². The van der Waals surface area contributed by atoms with Gasteiger partial charge in [0.2, 0.25) is 11.8 Å². The number of rotatable bonds is 14. The molecule has 0 spiro atoms. The number of nitrogens with zero attached hydrogens (tertiary/aromatic N) is 2. The van der Waals surface area contributed by atoms with Crippen molar-refractivity contribution in [1.29, 1.82) is 0 Å². The zero-order chi connectivity index (χ0) is 44.3. The predicted octanol–water partition coefficient (Wildman–Crippen LogP) is 4.97. The van der Waals surface area contributed by atoms with E-state index in [4.69, 9.17) is 35.3 Å². The molecule has 2 amide bonds. The molecule has 0 unspecified atom stereocenters. The van der Waals surface area contributed by atoms with E-state index in [1.165, 1.54) is 13.2 Å². The summed E-state index contributed by atoms with van der Waals surface area (Å²) < 4.78 is 28.6. The molecule has 0 bridgehead atoms. The molecule has 0 saturated carbocycles. The third kappa shape index (κ3) is 13.9. The van der Waals surface area contributed by atoms with Crippen molar-refractivity contribution in [2.75, 3.05) is 53.0 Å². The van der Waals surface area contributed by atoms with Crippen LogP contribution in [-0.2, 0) is 55.9 Å². The number of piperazine rings is 1. The SMILES string of the molecule is C=CCOC(=O)CN1CCN(Cc2ccc([C@H]3O[C@@H]3[C@@H](C)[C@@H]3CC=CC(=O)N[C@H](Cc4ccc(OC)c(Cl)c4)C(=O)NCC(C)(C)C(=O)O[C@@H](CC(C)C)C(=O)O3)cc2)CC1. The van der Waals surface area contributed by atoms with E-state index in [1.807, 2.05) is 20.8 Å². The molecular formula is C46H61ClN4O10. The second-order valence-corrected chi connectivity index (χ2v) is 17.5. The Balaban J connectivity index is 1.27. The van der Waals surface area contributed by atoms with Gasteiger partial charge in [-0.05, 0) is 61.1 Å². The highest BCUT2D eigenvalue weighted by atomic mass is 35.5. The molecule has 2 aromatic rings. The number of hydrogen-bond acceptors (Lipinski definition) is 12. The van der Waals surface area contributed by atoms with Crippen LogP contribution in [0.1, 0.15) is 70.3 Å². The topological polar surface area (TPSA) is 165 Å². The first kappa shape index (κ1) is 47.3. The van der Waals surface area contributed by atoms with Gasteiger partial charge in [-0.2, -0.15) is 0 Å². The van der Waals surface area contributed by atoms with Crippen molar-refractivity contribution < 1.29 is 47.7 Å². The Hall–Kier alpha value is -4.76. The maximum absolute atomic E-state index is 13.8. The van der Waals surface area contributed by atoms with Gasteiger partial charge in [0, 0.05) is 58.0 Å². The molecule has 3 aliphatic rings. The highest BCUT2D eigenvalue weighted by Crippen LogP contribution is 2.45. The molecule has 3 heterocycles. The Morgan fingerprint density at radius 1 is 1.00 bits per heavy atom. The lowest BCUT2D eigenvalue weighted by Crippen LogP contribution is -2.51. The maximum Gasteiger partial charge on any atom is 0.347 e. The maximum atomic E-state index is 13.8. The normalized spacial score (nSPS) is 24.8. The molecule has 2 fully saturated rings. The number of halogens is 1. The average molecular weight is 865 g/mol. The van der Waals surface area contributed by atoms with E-state index >= 15 is 0 Å². The molecule has 0 aromatic heterocycles. The number of hydrogen-bond donors (Lipinski definition) is 2. The van der Waals surface area contributed by atoms with E-state index in [0.29, 0.717) is 16.3 Å². The molecule has 2 aromatic carbocycles. The molecule has 15 heteroatoms. The summed E-state index contributed by atoms with van der Waals surface area (Å²) in [5.74, 6) is -2.47. The molecular weight excluding hydrogens is 804 g/mol. The first-order valence-corrected chi connectivity index (χ1v) is 21.4. The summed E-state index contributed by atoms with van der Waals surface area (Å²) >= 11 is 6.36. The molecule has 5 rings (SSSR count). The quantitative estimate of drug-likeness (QED) is 0.114. The molecule has 14 nitrogen and oxygen atoms in total. The van der Waals surface area contributed by atoms with Gasteiger partial charge in [0.05, 0.1) is 30.2 Å². The van der Waals surface area contributed by atoms with Gasteiger partial charge in [-0.25, -0.2) is 4.79 Å². The summed E-state index contributed by atoms with van der Waals surface area (Å²) in [6, 6.07) is 12.4. The molecule has 61 heavy (non-hydrogen) atoms. The number of ether oxygens (including phenoxy) is 5. The standard InChI is InChI=1S/C46H61ClN4O10/c1-8-22-58-40(53)27-51-20-18-50(19-21-51)26-31-12-15-33(16-13-31)42-41(61-42)30(4)36-10-9-11-39(52)49-35(25-32-14-17-37(57-7)34(47)24-32)43(54)48-28-46(5,6)45(56)60-38(23-29(2)3)44(55)59-36/h8-9,11-17,24,29-30,35-36,38,41-42H,1,10,18-23,25-28H2,2-7H3,(H,48,54)(H,49,52)/t30-,35+,36-,38-,41+,42+/m0/s1. The molecule has 6 atom stereocenters. The summed E-state index contributed by atoms with van der Waals surface area (Å²) in [7, 11) is 1.50. The van der Waals surface area contributed by atoms with Crippen LogP contribution in [0.25, 0.3) is 0 Å². The van der Waals surface area contributed by atoms with Crippen LogP contribution in [-0.4, -0.2) is 117 Å². The van der Waals surface area contributed by atoms with Crippen molar-refractivity contribution in [3.8, 4) is 5.75 Å². The summed E-state index contributed by atoms with van der Waals surface area (Å²) in [6.07, 6.45) is 2.59. The van der Waals surface area contributed by atoms with Crippen LogP contribution >= 0.6 is 11.6 Å². The van der Waals surface area contributed by atoms with Crippen molar-refractivity contribution in [2.45, 2.75) is 90.9 Å². The predicted molar refractivity (Wildman–Crippen MR) is 229 cm³/mol. The minimum Gasteiger partial charge on any atom is -0.495 e. The summed E-state index contributed by atoms with van der Waals surface area (Å²) in [6.45, 7) is 17.0. The highest BCUT2D eigenvalue weighted by Gasteiger charge is 2.48. The van der Waals surface area contributed by atoms with Gasteiger partial charge in [0.1, 0.15) is 30.6 Å². The number of esters is 3. The lowest BCUT2D eigenvalue weighted by atomic mass is 9.92. The van der Waals surface area contributed by atoms with E-state index in [2.05, 4.69) is 51.3 Å². The van der Waals surface area contributed by atoms with Crippen molar-refractivity contribution in [2.24, 2.45) is 17.3 Å². The number of amides is 2. The van der Waals surface area contributed by atoms with Gasteiger partial charge in [-0.15, -0.1) is 0 Å². The van der Waals surface area contributed by atoms with Gasteiger partial charge in [0.25, 0.3) is 0 Å². The lowest BCUT2D eigenvalue weighted by molar-refractivity contribution is -0.179. The summed E-state index contributed by atoms with van der Waals surface area (Å²) in [4.78, 5) is 70.9. The summed E-state index contributed by atoms with van der Waals surface area (Å²) in [5, 5.41) is 5.93. The molecule has 0 aliphatic carbocycles. The minimum atomic E-state index is -1.23. The van der Waals surface area contributed by atoms with Gasteiger partial charge < -0.3 is 34.3 Å². The van der Waals surface area contributed by atoms with E-state index in [9.17, 15) is 24.0 Å². The lowest BCUT2D eigenvalue weighted by Gasteiger charge is -2.34. The van der Waals surface area contributed by atoms with Gasteiger partial charge in [0.15, 0.2) is 6.10 Å². The Kier molecular flexibility index (Phi) is 16.9. The Labute approximate surface area is 364 Å². The average Bonchev–Trinajstić information content (AvgIpc) is 4.03. The van der Waals surface area contributed by atoms with Crippen LogP contribution in [0, 0.1) is 17.3 Å². The van der Waals surface area contributed by atoms with E-state index < -0.39 is 47.4 Å². The minimum absolute atomic E-state index is 0.00707. The second kappa shape index (κ2) is 21.9. The molecule has 3 aliphatic heterocycles. The third-order valence-corrected chi connectivity index (χ3v) is 11.5. The number of epoxide rings is 1. The van der Waals surface area contributed by atoms with Crippen LogP contribution in [0.5, 0.6) is 5.75 Å². The van der Waals surface area contributed by atoms with E-state index in [-0.39, 0.29) is 69.0 Å². The molecule has 332 valence electrons. The monoisotopic (exact) mass is 864 g/mol. The number of carbonyl (C=O) groups is 5. The van der Waals surface area contributed by atoms with Gasteiger partial charge >= 0.3 is 17.9 Å². The fraction of sp³-hybridized carbons (Fsp3) is 0.543. The van der Waals surface area contributed by atoms with Gasteiger partial charge in [-0.1, -0.05) is 81.4 Å².